The molecule has 0 aliphatic heterocycles. The summed E-state index contributed by atoms with van der Waals surface area (Å²) >= 11 is 5.50. The number of carbonyl (C=O) groups excluding carboxylic acids is 1. The number of hydrogen-bond donors (Lipinski definition) is 0. The average Bonchev–Trinajstić information content (AvgIpc) is 2.20. The third-order valence-corrected chi connectivity index (χ3v) is 3.72. The first-order chi connectivity index (χ1) is 6.67. The van der Waals surface area contributed by atoms with E-state index in [-0.39, 0.29) is 5.78 Å². The molecule has 14 heavy (non-hydrogen) atoms. The molecular formula is C11H12BrIO. The lowest BCUT2D eigenvalue weighted by Gasteiger charge is -2.04. The van der Waals surface area contributed by atoms with Crippen LogP contribution in [-0.2, 0) is 17.6 Å². The fourth-order valence-corrected chi connectivity index (χ4v) is 2.20. The van der Waals surface area contributed by atoms with Gasteiger partial charge in [0.1, 0.15) is 5.78 Å². The maximum Gasteiger partial charge on any atom is 0.147 e. The molecule has 0 aromatic heterocycles. The van der Waals surface area contributed by atoms with Gasteiger partial charge in [-0.25, -0.2) is 0 Å². The minimum Gasteiger partial charge on any atom is -0.298 e. The Hall–Kier alpha value is 0.100. The van der Waals surface area contributed by atoms with Crippen molar-refractivity contribution < 1.29 is 4.79 Å². The zero-order valence-electron chi connectivity index (χ0n) is 8.02. The number of rotatable bonds is 4. The van der Waals surface area contributed by atoms with Crippen molar-refractivity contribution in [2.75, 3.05) is 5.33 Å². The van der Waals surface area contributed by atoms with Crippen molar-refractivity contribution in [3.8, 4) is 0 Å². The normalized spacial score (nSPS) is 10.2. The van der Waals surface area contributed by atoms with Crippen molar-refractivity contribution in [1.29, 1.82) is 0 Å². The largest absolute Gasteiger partial charge is 0.298 e. The second-order valence-electron chi connectivity index (χ2n) is 3.13. The van der Waals surface area contributed by atoms with E-state index in [1.54, 1.807) is 0 Å². The number of hydrogen-bond acceptors (Lipinski definition) is 1. The fourth-order valence-electron chi connectivity index (χ4n) is 1.28. The smallest absolute Gasteiger partial charge is 0.147 e. The Morgan fingerprint density at radius 3 is 2.79 bits per heavy atom. The van der Waals surface area contributed by atoms with Gasteiger partial charge in [-0.3, -0.25) is 4.79 Å². The minimum atomic E-state index is 0.230. The molecule has 0 unspecified atom stereocenters. The number of alkyl halides is 1. The maximum absolute atomic E-state index is 11.2. The predicted octanol–water partition coefficient (Wildman–Crippen LogP) is 3.36. The van der Waals surface area contributed by atoms with Crippen molar-refractivity contribution in [1.82, 2.24) is 0 Å². The van der Waals surface area contributed by atoms with Gasteiger partial charge in [-0.05, 0) is 46.2 Å². The van der Waals surface area contributed by atoms with Crippen molar-refractivity contribution in [3.63, 3.8) is 0 Å². The average molecular weight is 367 g/mol. The highest BCUT2D eigenvalue weighted by atomic mass is 127. The van der Waals surface area contributed by atoms with Crippen LogP contribution in [0.1, 0.15) is 18.1 Å². The molecule has 76 valence electrons. The van der Waals surface area contributed by atoms with E-state index in [0.29, 0.717) is 11.8 Å². The Morgan fingerprint density at radius 1 is 1.50 bits per heavy atom. The number of aryl methyl sites for hydroxylation is 1. The van der Waals surface area contributed by atoms with Gasteiger partial charge < -0.3 is 0 Å². The molecule has 0 amide bonds. The van der Waals surface area contributed by atoms with E-state index >= 15 is 0 Å². The summed E-state index contributed by atoms with van der Waals surface area (Å²) in [6.45, 7) is 2.13. The fraction of sp³-hybridized carbons (Fsp3) is 0.364. The van der Waals surface area contributed by atoms with Crippen molar-refractivity contribution >= 4 is 44.3 Å². The predicted molar refractivity (Wildman–Crippen MR) is 71.0 cm³/mol. The van der Waals surface area contributed by atoms with Gasteiger partial charge >= 0.3 is 0 Å². The standard InChI is InChI=1S/C11H12BrIO/c1-2-9-5-8(3-4-11(9)13)6-10(14)7-12/h3-5H,2,6-7H2,1H3. The molecule has 1 aromatic rings. The minimum absolute atomic E-state index is 0.230. The van der Waals surface area contributed by atoms with Gasteiger partial charge in [0.2, 0.25) is 0 Å². The summed E-state index contributed by atoms with van der Waals surface area (Å²) in [5, 5.41) is 0.445. The quantitative estimate of drug-likeness (QED) is 0.589. The van der Waals surface area contributed by atoms with E-state index in [1.807, 2.05) is 6.07 Å². The van der Waals surface area contributed by atoms with Crippen LogP contribution in [0.5, 0.6) is 0 Å². The molecule has 1 aromatic carbocycles. The molecule has 0 saturated carbocycles. The van der Waals surface area contributed by atoms with E-state index in [4.69, 9.17) is 0 Å². The van der Waals surface area contributed by atoms with Crippen molar-refractivity contribution in [2.24, 2.45) is 0 Å². The molecule has 0 heterocycles. The molecule has 0 bridgehead atoms. The van der Waals surface area contributed by atoms with Crippen LogP contribution in [0.3, 0.4) is 0 Å². The van der Waals surface area contributed by atoms with Gasteiger partial charge in [-0.1, -0.05) is 35.0 Å². The van der Waals surface area contributed by atoms with Gasteiger partial charge in [0.25, 0.3) is 0 Å². The molecule has 0 N–H and O–H groups in total. The van der Waals surface area contributed by atoms with Crippen LogP contribution in [0.4, 0.5) is 0 Å². The third-order valence-electron chi connectivity index (χ3n) is 2.04. The number of ketones is 1. The summed E-state index contributed by atoms with van der Waals surface area (Å²) in [4.78, 5) is 11.2. The van der Waals surface area contributed by atoms with Gasteiger partial charge in [-0.2, -0.15) is 0 Å². The van der Waals surface area contributed by atoms with Gasteiger partial charge in [0.15, 0.2) is 0 Å². The lowest BCUT2D eigenvalue weighted by molar-refractivity contribution is -0.115. The highest BCUT2D eigenvalue weighted by molar-refractivity contribution is 14.1. The Morgan fingerprint density at radius 2 is 2.21 bits per heavy atom. The lowest BCUT2D eigenvalue weighted by atomic mass is 10.1. The van der Waals surface area contributed by atoms with Gasteiger partial charge in [0, 0.05) is 9.99 Å². The van der Waals surface area contributed by atoms with Crippen LogP contribution in [0.2, 0.25) is 0 Å². The Balaban J connectivity index is 2.84. The molecule has 0 aliphatic rings. The number of carbonyl (C=O) groups is 1. The van der Waals surface area contributed by atoms with Crippen LogP contribution in [0.15, 0.2) is 18.2 Å². The first-order valence-corrected chi connectivity index (χ1v) is 6.72. The molecule has 0 spiro atoms. The molecule has 0 radical (unpaired) electrons. The van der Waals surface area contributed by atoms with E-state index in [1.165, 1.54) is 9.13 Å². The SMILES string of the molecule is CCc1cc(CC(=O)CBr)ccc1I. The summed E-state index contributed by atoms with van der Waals surface area (Å²) in [6, 6.07) is 6.24. The molecule has 1 rings (SSSR count). The molecule has 0 atom stereocenters. The van der Waals surface area contributed by atoms with Crippen LogP contribution < -0.4 is 0 Å². The number of Topliss-reactive ketones (excluding diaryl/α,β-unsaturated/α-hetero) is 1. The summed E-state index contributed by atoms with van der Waals surface area (Å²) in [6.07, 6.45) is 1.56. The Labute approximate surface area is 107 Å². The summed E-state index contributed by atoms with van der Waals surface area (Å²) < 4.78 is 1.28. The topological polar surface area (TPSA) is 17.1 Å². The molecule has 1 nitrogen and oxygen atoms in total. The second kappa shape index (κ2) is 5.85. The second-order valence-corrected chi connectivity index (χ2v) is 4.85. The third kappa shape index (κ3) is 3.35. The van der Waals surface area contributed by atoms with Crippen LogP contribution >= 0.6 is 38.5 Å². The zero-order chi connectivity index (χ0) is 10.6. The molecule has 0 aliphatic carbocycles. The highest BCUT2D eigenvalue weighted by Gasteiger charge is 2.04. The van der Waals surface area contributed by atoms with Crippen molar-refractivity contribution in [2.45, 2.75) is 19.8 Å². The first-order valence-electron chi connectivity index (χ1n) is 4.52. The molecule has 3 heteroatoms. The number of halogens is 2. The van der Waals surface area contributed by atoms with Crippen LogP contribution in [0, 0.1) is 3.57 Å². The maximum atomic E-state index is 11.2. The van der Waals surface area contributed by atoms with Crippen LogP contribution in [-0.4, -0.2) is 11.1 Å². The first kappa shape index (κ1) is 12.2. The Kier molecular flexibility index (Phi) is 5.09. The highest BCUT2D eigenvalue weighted by Crippen LogP contribution is 2.15. The van der Waals surface area contributed by atoms with Crippen molar-refractivity contribution in [3.05, 3.63) is 32.9 Å². The Bertz CT molecular complexity index is 336. The van der Waals surface area contributed by atoms with Gasteiger partial charge in [0.05, 0.1) is 5.33 Å². The molecular weight excluding hydrogens is 355 g/mol. The van der Waals surface area contributed by atoms with Crippen LogP contribution in [0.25, 0.3) is 0 Å². The number of benzene rings is 1. The monoisotopic (exact) mass is 366 g/mol. The lowest BCUT2D eigenvalue weighted by Crippen LogP contribution is -2.04. The molecule has 0 fully saturated rings. The summed E-state index contributed by atoms with van der Waals surface area (Å²) in [5.74, 6) is 0.230. The summed E-state index contributed by atoms with van der Waals surface area (Å²) in [7, 11) is 0. The molecule has 0 saturated heterocycles. The van der Waals surface area contributed by atoms with E-state index < -0.39 is 0 Å². The van der Waals surface area contributed by atoms with Gasteiger partial charge in [-0.15, -0.1) is 0 Å². The van der Waals surface area contributed by atoms with E-state index in [9.17, 15) is 4.79 Å². The van der Waals surface area contributed by atoms with E-state index in [2.05, 4.69) is 57.6 Å². The zero-order valence-corrected chi connectivity index (χ0v) is 11.8. The van der Waals surface area contributed by atoms with E-state index in [0.717, 1.165) is 12.0 Å². The summed E-state index contributed by atoms with van der Waals surface area (Å²) in [5.41, 5.74) is 2.44.